The summed E-state index contributed by atoms with van der Waals surface area (Å²) in [5.41, 5.74) is 6.65. The van der Waals surface area contributed by atoms with Crippen molar-refractivity contribution in [1.82, 2.24) is 5.48 Å². The number of rotatable bonds is 9. The molecule has 1 heterocycles. The molecule has 1 atom stereocenters. The lowest BCUT2D eigenvalue weighted by molar-refractivity contribution is 0.222. The normalized spacial score (nSPS) is 19.0. The van der Waals surface area contributed by atoms with Gasteiger partial charge in [-0.3, -0.25) is 15.7 Å². The maximum atomic E-state index is 9.13. The number of nitrogens with zero attached hydrogens (tertiary/aromatic N) is 1. The van der Waals surface area contributed by atoms with E-state index in [1.165, 1.54) is 16.7 Å². The first kappa shape index (κ1) is 20.7. The summed E-state index contributed by atoms with van der Waals surface area (Å²) in [4.78, 5) is 4.36. The summed E-state index contributed by atoms with van der Waals surface area (Å²) in [5.74, 6) is 1.17. The van der Waals surface area contributed by atoms with Gasteiger partial charge in [0.05, 0.1) is 0 Å². The summed E-state index contributed by atoms with van der Waals surface area (Å²) in [6.07, 6.45) is 16.1. The van der Waals surface area contributed by atoms with Gasteiger partial charge in [0.1, 0.15) is 5.84 Å². The molecule has 0 radical (unpaired) electrons. The van der Waals surface area contributed by atoms with Crippen molar-refractivity contribution >= 4 is 5.84 Å². The van der Waals surface area contributed by atoms with Crippen LogP contribution in [0.5, 0.6) is 0 Å². The first-order valence-electron chi connectivity index (χ1n) is 9.42. The van der Waals surface area contributed by atoms with E-state index in [0.717, 1.165) is 63.7 Å². The summed E-state index contributed by atoms with van der Waals surface area (Å²) in [6.45, 7) is 9.63. The van der Waals surface area contributed by atoms with Crippen LogP contribution in [0.2, 0.25) is 0 Å². The molecule has 0 aromatic rings. The molecule has 1 rings (SSSR count). The van der Waals surface area contributed by atoms with E-state index >= 15 is 0 Å². The molecule has 24 heavy (non-hydrogen) atoms. The molecule has 0 spiro atoms. The third-order valence-corrected chi connectivity index (χ3v) is 4.63. The second kappa shape index (κ2) is 12.1. The summed E-state index contributed by atoms with van der Waals surface area (Å²) in [6, 6.07) is 0. The number of nitrogens with one attached hydrogen (secondary N) is 1. The smallest absolute Gasteiger partial charge is 0.123 e. The van der Waals surface area contributed by atoms with Crippen molar-refractivity contribution in [3.63, 3.8) is 0 Å². The van der Waals surface area contributed by atoms with E-state index in [2.05, 4.69) is 56.4 Å². The van der Waals surface area contributed by atoms with E-state index in [1.807, 2.05) is 0 Å². The van der Waals surface area contributed by atoms with E-state index in [0.29, 0.717) is 5.92 Å². The highest BCUT2D eigenvalue weighted by atomic mass is 16.5. The van der Waals surface area contributed by atoms with Crippen molar-refractivity contribution in [3.05, 3.63) is 34.9 Å². The molecule has 2 N–H and O–H groups in total. The average molecular weight is 333 g/mol. The van der Waals surface area contributed by atoms with Crippen molar-refractivity contribution in [2.45, 2.75) is 79.1 Å². The molecule has 0 amide bonds. The van der Waals surface area contributed by atoms with Crippen LogP contribution in [0.3, 0.4) is 0 Å². The topological polar surface area (TPSA) is 44.6 Å². The minimum atomic E-state index is 0.393. The average Bonchev–Trinajstić information content (AvgIpc) is 2.57. The van der Waals surface area contributed by atoms with Gasteiger partial charge in [0.15, 0.2) is 0 Å². The van der Waals surface area contributed by atoms with Crippen molar-refractivity contribution in [1.29, 1.82) is 0 Å². The van der Waals surface area contributed by atoms with Gasteiger partial charge in [-0.25, -0.2) is 0 Å². The van der Waals surface area contributed by atoms with Crippen molar-refractivity contribution < 1.29 is 5.21 Å². The minimum absolute atomic E-state index is 0.393. The zero-order chi connectivity index (χ0) is 17.8. The largest absolute Gasteiger partial charge is 0.290 e. The van der Waals surface area contributed by atoms with Crippen LogP contribution in [0.1, 0.15) is 79.1 Å². The Balaban J connectivity index is 2.26. The molecular formula is C21H36N2O. The van der Waals surface area contributed by atoms with E-state index in [9.17, 15) is 0 Å². The number of hydroxylamine groups is 1. The highest BCUT2D eigenvalue weighted by molar-refractivity contribution is 5.83. The standard InChI is InChI=1S/C21H36N2O/c1-17(2)9-5-6-10-18(3)14-15-19(4)11-7-12-20-13-8-16-22-21(20)23-24/h9-11,20,24H,5-8,12-16H2,1-4H3,(H,22,23)/b18-10+,19-11-. The van der Waals surface area contributed by atoms with E-state index < -0.39 is 0 Å². The lowest BCUT2D eigenvalue weighted by Gasteiger charge is -2.21. The molecule has 0 saturated carbocycles. The summed E-state index contributed by atoms with van der Waals surface area (Å²) >= 11 is 0. The van der Waals surface area contributed by atoms with Crippen molar-refractivity contribution in [2.75, 3.05) is 6.54 Å². The van der Waals surface area contributed by atoms with Gasteiger partial charge in [0, 0.05) is 12.5 Å². The molecule has 0 aliphatic carbocycles. The highest BCUT2D eigenvalue weighted by Gasteiger charge is 2.17. The Hall–Kier alpha value is -1.35. The summed E-state index contributed by atoms with van der Waals surface area (Å²) < 4.78 is 0. The Labute approximate surface area is 148 Å². The molecule has 0 saturated heterocycles. The summed E-state index contributed by atoms with van der Waals surface area (Å²) in [5, 5.41) is 9.13. The van der Waals surface area contributed by atoms with Gasteiger partial charge in [-0.2, -0.15) is 0 Å². The molecule has 1 unspecified atom stereocenters. The Bertz CT molecular complexity index is 482. The van der Waals surface area contributed by atoms with E-state index in [1.54, 1.807) is 0 Å². The van der Waals surface area contributed by atoms with Crippen LogP contribution in [0.4, 0.5) is 0 Å². The van der Waals surface area contributed by atoms with Gasteiger partial charge in [0.25, 0.3) is 0 Å². The van der Waals surface area contributed by atoms with Gasteiger partial charge in [-0.15, -0.1) is 0 Å². The molecule has 3 nitrogen and oxygen atoms in total. The number of aliphatic imine (C=N–C) groups is 1. The number of amidine groups is 1. The van der Waals surface area contributed by atoms with Crippen LogP contribution >= 0.6 is 0 Å². The van der Waals surface area contributed by atoms with Crippen LogP contribution in [0.25, 0.3) is 0 Å². The second-order valence-corrected chi connectivity index (χ2v) is 7.26. The minimum Gasteiger partial charge on any atom is -0.290 e. The molecule has 0 bridgehead atoms. The van der Waals surface area contributed by atoms with Crippen molar-refractivity contribution in [2.24, 2.45) is 10.9 Å². The molecule has 1 aliphatic rings. The Morgan fingerprint density at radius 1 is 1.04 bits per heavy atom. The fourth-order valence-corrected chi connectivity index (χ4v) is 3.04. The van der Waals surface area contributed by atoms with E-state index in [-0.39, 0.29) is 0 Å². The predicted molar refractivity (Wildman–Crippen MR) is 105 cm³/mol. The quantitative estimate of drug-likeness (QED) is 0.310. The fourth-order valence-electron chi connectivity index (χ4n) is 3.04. The Morgan fingerprint density at radius 2 is 1.67 bits per heavy atom. The first-order valence-corrected chi connectivity index (χ1v) is 9.42. The third-order valence-electron chi connectivity index (χ3n) is 4.63. The predicted octanol–water partition coefficient (Wildman–Crippen LogP) is 5.97. The molecule has 3 heteroatoms. The van der Waals surface area contributed by atoms with Gasteiger partial charge in [0.2, 0.25) is 0 Å². The molecule has 0 aromatic carbocycles. The SMILES string of the molecule is CC(C)=CCC/C=C(\C)CC/C(C)=C\CCC1CCCN=C1NO. The molecule has 136 valence electrons. The van der Waals surface area contributed by atoms with Crippen LogP contribution in [-0.2, 0) is 0 Å². The highest BCUT2D eigenvalue weighted by Crippen LogP contribution is 2.20. The van der Waals surface area contributed by atoms with Gasteiger partial charge in [-0.05, 0) is 79.1 Å². The lowest BCUT2D eigenvalue weighted by atomic mass is 9.93. The number of allylic oxidation sites excluding steroid dienone is 6. The zero-order valence-corrected chi connectivity index (χ0v) is 16.1. The number of hydrogen-bond acceptors (Lipinski definition) is 3. The monoisotopic (exact) mass is 332 g/mol. The lowest BCUT2D eigenvalue weighted by Crippen LogP contribution is -2.31. The number of hydrogen-bond donors (Lipinski definition) is 2. The van der Waals surface area contributed by atoms with Crippen LogP contribution in [-0.4, -0.2) is 17.6 Å². The van der Waals surface area contributed by atoms with Crippen LogP contribution in [0, 0.1) is 5.92 Å². The first-order chi connectivity index (χ1) is 11.5. The maximum Gasteiger partial charge on any atom is 0.123 e. The maximum absolute atomic E-state index is 9.13. The van der Waals surface area contributed by atoms with Crippen LogP contribution < -0.4 is 5.48 Å². The van der Waals surface area contributed by atoms with Crippen molar-refractivity contribution in [3.8, 4) is 0 Å². The number of unbranched alkanes of at least 4 members (excludes halogenated alkanes) is 1. The van der Waals surface area contributed by atoms with Gasteiger partial charge < -0.3 is 0 Å². The molecule has 1 aliphatic heterocycles. The Morgan fingerprint density at radius 3 is 2.29 bits per heavy atom. The van der Waals surface area contributed by atoms with Crippen LogP contribution in [0.15, 0.2) is 39.9 Å². The summed E-state index contributed by atoms with van der Waals surface area (Å²) in [7, 11) is 0. The Kier molecular flexibility index (Phi) is 10.4. The fraction of sp³-hybridized carbons (Fsp3) is 0.667. The second-order valence-electron chi connectivity index (χ2n) is 7.26. The molecular weight excluding hydrogens is 296 g/mol. The molecule has 0 fully saturated rings. The third kappa shape index (κ3) is 9.07. The zero-order valence-electron chi connectivity index (χ0n) is 16.1. The van der Waals surface area contributed by atoms with Gasteiger partial charge >= 0.3 is 0 Å². The van der Waals surface area contributed by atoms with Gasteiger partial charge in [-0.1, -0.05) is 34.9 Å². The van der Waals surface area contributed by atoms with E-state index in [4.69, 9.17) is 5.21 Å². The molecule has 0 aromatic heterocycles.